The van der Waals surface area contributed by atoms with Crippen LogP contribution in [0.15, 0.2) is 67.5 Å². The van der Waals surface area contributed by atoms with Gasteiger partial charge in [0.25, 0.3) is 0 Å². The van der Waals surface area contributed by atoms with Crippen molar-refractivity contribution in [2.45, 2.75) is 25.8 Å². The lowest BCUT2D eigenvalue weighted by molar-refractivity contribution is -0.134. The number of nitrogens with zero attached hydrogens (tertiary/aromatic N) is 4. The van der Waals surface area contributed by atoms with Crippen molar-refractivity contribution in [3.05, 3.63) is 78.6 Å². The number of carbonyl (C=O) groups is 1. The Morgan fingerprint density at radius 2 is 1.87 bits per heavy atom. The molecule has 0 aliphatic carbocycles. The number of hydrogen-bond donors (Lipinski definition) is 1. The van der Waals surface area contributed by atoms with Crippen LogP contribution in [0, 0.1) is 5.41 Å². The summed E-state index contributed by atoms with van der Waals surface area (Å²) in [6.45, 7) is 2.55. The number of pyridine rings is 1. The monoisotopic (exact) mass is 401 g/mol. The van der Waals surface area contributed by atoms with Gasteiger partial charge in [0.1, 0.15) is 6.33 Å². The number of hydrogen-bond acceptors (Lipinski definition) is 5. The first kappa shape index (κ1) is 20.2. The van der Waals surface area contributed by atoms with Crippen LogP contribution in [0.4, 0.5) is 0 Å². The summed E-state index contributed by atoms with van der Waals surface area (Å²) in [5.41, 5.74) is 3.98. The summed E-state index contributed by atoms with van der Waals surface area (Å²) in [5, 5.41) is 2.94. The number of nitrogens with one attached hydrogen (secondary N) is 1. The van der Waals surface area contributed by atoms with Crippen molar-refractivity contribution in [3.8, 4) is 11.1 Å². The summed E-state index contributed by atoms with van der Waals surface area (Å²) in [6.07, 6.45) is 11.4. The maximum absolute atomic E-state index is 13.2. The predicted octanol–water partition coefficient (Wildman–Crippen LogP) is 3.11. The lowest BCUT2D eigenvalue weighted by Crippen LogP contribution is -2.52. The quantitative estimate of drug-likeness (QED) is 0.687. The van der Waals surface area contributed by atoms with E-state index in [2.05, 4.69) is 37.3 Å². The highest BCUT2D eigenvalue weighted by molar-refractivity contribution is 5.83. The van der Waals surface area contributed by atoms with Crippen LogP contribution in [0.25, 0.3) is 11.1 Å². The minimum absolute atomic E-state index is 0.112. The number of piperidine rings is 1. The van der Waals surface area contributed by atoms with Gasteiger partial charge in [-0.25, -0.2) is 9.97 Å². The minimum atomic E-state index is -0.466. The number of aromatic nitrogens is 3. The zero-order chi connectivity index (χ0) is 20.8. The number of rotatable bonds is 6. The number of likely N-dealkylation sites (tertiary alicyclic amines) is 1. The van der Waals surface area contributed by atoms with Gasteiger partial charge in [-0.2, -0.15) is 0 Å². The summed E-state index contributed by atoms with van der Waals surface area (Å²) in [7, 11) is 1.74. The molecule has 4 rings (SSSR count). The Hall–Kier alpha value is -3.12. The highest BCUT2D eigenvalue weighted by atomic mass is 16.2. The third kappa shape index (κ3) is 4.39. The molecule has 1 fully saturated rings. The first-order valence-corrected chi connectivity index (χ1v) is 10.4. The SMILES string of the molecule is CNC(=O)[C@@]1(Cc2ccccc2-c2cncnc2)CCCN(Cc2ccncc2)C1. The van der Waals surface area contributed by atoms with Crippen molar-refractivity contribution in [2.24, 2.45) is 5.41 Å². The average Bonchev–Trinajstić information content (AvgIpc) is 2.80. The molecule has 1 aliphatic heterocycles. The highest BCUT2D eigenvalue weighted by Gasteiger charge is 2.42. The molecule has 3 heterocycles. The summed E-state index contributed by atoms with van der Waals surface area (Å²) in [5.74, 6) is 0.112. The summed E-state index contributed by atoms with van der Waals surface area (Å²) in [4.78, 5) is 28.0. The molecule has 1 saturated heterocycles. The molecule has 1 atom stereocenters. The number of benzene rings is 1. The second-order valence-corrected chi connectivity index (χ2v) is 7.99. The fraction of sp³-hybridized carbons (Fsp3) is 0.333. The van der Waals surface area contributed by atoms with E-state index in [4.69, 9.17) is 0 Å². The van der Waals surface area contributed by atoms with Gasteiger partial charge in [0.2, 0.25) is 5.91 Å². The van der Waals surface area contributed by atoms with Gasteiger partial charge in [-0.05, 0) is 54.6 Å². The van der Waals surface area contributed by atoms with Gasteiger partial charge in [0, 0.05) is 50.5 Å². The Morgan fingerprint density at radius 3 is 2.63 bits per heavy atom. The molecule has 2 aromatic heterocycles. The molecule has 6 nitrogen and oxygen atoms in total. The third-order valence-electron chi connectivity index (χ3n) is 5.94. The van der Waals surface area contributed by atoms with E-state index in [9.17, 15) is 4.79 Å². The van der Waals surface area contributed by atoms with E-state index in [0.29, 0.717) is 6.42 Å². The lowest BCUT2D eigenvalue weighted by Gasteiger charge is -2.42. The van der Waals surface area contributed by atoms with E-state index in [1.165, 1.54) is 11.9 Å². The second kappa shape index (κ2) is 9.13. The molecule has 30 heavy (non-hydrogen) atoms. The molecule has 1 amide bonds. The smallest absolute Gasteiger partial charge is 0.227 e. The first-order chi connectivity index (χ1) is 14.7. The van der Waals surface area contributed by atoms with Gasteiger partial charge in [0.05, 0.1) is 5.41 Å². The van der Waals surface area contributed by atoms with Crippen LogP contribution >= 0.6 is 0 Å². The fourth-order valence-electron chi connectivity index (χ4n) is 4.54. The van der Waals surface area contributed by atoms with Crippen LogP contribution < -0.4 is 5.32 Å². The van der Waals surface area contributed by atoms with Crippen molar-refractivity contribution in [1.29, 1.82) is 0 Å². The molecular formula is C24H27N5O. The fourth-order valence-corrected chi connectivity index (χ4v) is 4.54. The number of carbonyl (C=O) groups excluding carboxylic acids is 1. The van der Waals surface area contributed by atoms with Crippen LogP contribution in [-0.4, -0.2) is 45.9 Å². The molecule has 1 aromatic carbocycles. The normalized spacial score (nSPS) is 19.4. The molecule has 1 aliphatic rings. The maximum Gasteiger partial charge on any atom is 0.227 e. The minimum Gasteiger partial charge on any atom is -0.359 e. The Morgan fingerprint density at radius 1 is 1.10 bits per heavy atom. The molecule has 0 unspecified atom stereocenters. The first-order valence-electron chi connectivity index (χ1n) is 10.4. The highest BCUT2D eigenvalue weighted by Crippen LogP contribution is 2.37. The Labute approximate surface area is 177 Å². The molecule has 0 bridgehead atoms. The van der Waals surface area contributed by atoms with E-state index in [-0.39, 0.29) is 5.91 Å². The van der Waals surface area contributed by atoms with Crippen molar-refractivity contribution in [1.82, 2.24) is 25.2 Å². The van der Waals surface area contributed by atoms with Crippen molar-refractivity contribution in [3.63, 3.8) is 0 Å². The zero-order valence-electron chi connectivity index (χ0n) is 17.3. The Bertz CT molecular complexity index is 979. The van der Waals surface area contributed by atoms with E-state index >= 15 is 0 Å². The standard InChI is InChI=1S/C24H27N5O/c1-25-23(30)24(9-4-12-29(17-24)16-19-7-10-26-11-8-19)13-20-5-2-3-6-22(20)21-14-27-18-28-15-21/h2-3,5-8,10-11,14-15,18H,4,9,12-13,16-17H2,1H3,(H,25,30)/t24-/m1/s1. The molecule has 0 spiro atoms. The van der Waals surface area contributed by atoms with Crippen LogP contribution in [-0.2, 0) is 17.8 Å². The summed E-state index contributed by atoms with van der Waals surface area (Å²) in [6, 6.07) is 12.4. The van der Waals surface area contributed by atoms with Gasteiger partial charge in [0.15, 0.2) is 0 Å². The van der Waals surface area contributed by atoms with E-state index in [1.54, 1.807) is 7.05 Å². The van der Waals surface area contributed by atoms with E-state index in [0.717, 1.165) is 49.2 Å². The molecule has 0 saturated carbocycles. The lowest BCUT2D eigenvalue weighted by atomic mass is 9.73. The average molecular weight is 402 g/mol. The van der Waals surface area contributed by atoms with Gasteiger partial charge in [-0.3, -0.25) is 14.7 Å². The number of amides is 1. The van der Waals surface area contributed by atoms with Crippen LogP contribution in [0.2, 0.25) is 0 Å². The van der Waals surface area contributed by atoms with Crippen molar-refractivity contribution >= 4 is 5.91 Å². The van der Waals surface area contributed by atoms with Crippen LogP contribution in [0.3, 0.4) is 0 Å². The molecule has 154 valence electrons. The largest absolute Gasteiger partial charge is 0.359 e. The van der Waals surface area contributed by atoms with Gasteiger partial charge in [-0.15, -0.1) is 0 Å². The van der Waals surface area contributed by atoms with E-state index < -0.39 is 5.41 Å². The van der Waals surface area contributed by atoms with Crippen molar-refractivity contribution < 1.29 is 4.79 Å². The van der Waals surface area contributed by atoms with E-state index in [1.807, 2.05) is 49.1 Å². The van der Waals surface area contributed by atoms with Gasteiger partial charge >= 0.3 is 0 Å². The van der Waals surface area contributed by atoms with Gasteiger partial charge < -0.3 is 5.32 Å². The Kier molecular flexibility index (Phi) is 6.14. The summed E-state index contributed by atoms with van der Waals surface area (Å²) < 4.78 is 0. The van der Waals surface area contributed by atoms with Crippen LogP contribution in [0.5, 0.6) is 0 Å². The van der Waals surface area contributed by atoms with Crippen LogP contribution in [0.1, 0.15) is 24.0 Å². The molecular weight excluding hydrogens is 374 g/mol. The van der Waals surface area contributed by atoms with Gasteiger partial charge in [-0.1, -0.05) is 24.3 Å². The topological polar surface area (TPSA) is 71.0 Å². The summed E-state index contributed by atoms with van der Waals surface area (Å²) >= 11 is 0. The Balaban J connectivity index is 1.63. The molecule has 6 heteroatoms. The zero-order valence-corrected chi connectivity index (χ0v) is 17.3. The van der Waals surface area contributed by atoms with Crippen molar-refractivity contribution in [2.75, 3.05) is 20.1 Å². The molecule has 0 radical (unpaired) electrons. The second-order valence-electron chi connectivity index (χ2n) is 7.99. The predicted molar refractivity (Wildman–Crippen MR) is 116 cm³/mol. The molecule has 3 aromatic rings. The maximum atomic E-state index is 13.2. The molecule has 1 N–H and O–H groups in total. The third-order valence-corrected chi connectivity index (χ3v) is 5.94.